The second kappa shape index (κ2) is 6.09. The average molecular weight is 247 g/mol. The lowest BCUT2D eigenvalue weighted by Crippen LogP contribution is -2.25. The summed E-state index contributed by atoms with van der Waals surface area (Å²) < 4.78 is 1.49. The first-order valence-corrected chi connectivity index (χ1v) is 6.27. The van der Waals surface area contributed by atoms with Crippen LogP contribution in [0.1, 0.15) is 43.2 Å². The molecule has 2 aromatic heterocycles. The molecule has 0 saturated carbocycles. The fourth-order valence-corrected chi connectivity index (χ4v) is 1.66. The highest BCUT2D eigenvalue weighted by molar-refractivity contribution is 5.90. The Morgan fingerprint density at radius 1 is 1.39 bits per heavy atom. The van der Waals surface area contributed by atoms with Gasteiger partial charge >= 0.3 is 0 Å². The van der Waals surface area contributed by atoms with Crippen LogP contribution in [0.15, 0.2) is 18.5 Å². The Balaban J connectivity index is 1.88. The summed E-state index contributed by atoms with van der Waals surface area (Å²) in [5.74, 6) is 0.370. The second-order valence-electron chi connectivity index (χ2n) is 4.12. The molecule has 2 rings (SSSR count). The molecule has 1 amide bonds. The van der Waals surface area contributed by atoms with Gasteiger partial charge in [0.05, 0.1) is 0 Å². The molecule has 0 aliphatic carbocycles. The van der Waals surface area contributed by atoms with Gasteiger partial charge in [-0.05, 0) is 12.5 Å². The third kappa shape index (κ3) is 3.03. The minimum absolute atomic E-state index is 0.171. The van der Waals surface area contributed by atoms with Crippen LogP contribution in [0.5, 0.6) is 0 Å². The van der Waals surface area contributed by atoms with E-state index >= 15 is 0 Å². The van der Waals surface area contributed by atoms with Gasteiger partial charge in [0, 0.05) is 18.9 Å². The number of nitrogens with zero attached hydrogens (tertiary/aromatic N) is 4. The van der Waals surface area contributed by atoms with Crippen LogP contribution < -0.4 is 5.32 Å². The van der Waals surface area contributed by atoms with Gasteiger partial charge < -0.3 is 5.32 Å². The number of unbranched alkanes of at least 4 members (excludes halogenated alkanes) is 3. The molecule has 0 aliphatic heterocycles. The SMILES string of the molecule is CCCCCCNC(=O)c1nc2ncccn2n1. The molecule has 0 aromatic carbocycles. The number of aromatic nitrogens is 4. The largest absolute Gasteiger partial charge is 0.349 e. The van der Waals surface area contributed by atoms with Crippen LogP contribution in [0.25, 0.3) is 5.78 Å². The lowest BCUT2D eigenvalue weighted by molar-refractivity contribution is 0.0943. The predicted molar refractivity (Wildman–Crippen MR) is 67.3 cm³/mol. The highest BCUT2D eigenvalue weighted by atomic mass is 16.2. The fourth-order valence-electron chi connectivity index (χ4n) is 1.66. The molecule has 0 unspecified atom stereocenters. The lowest BCUT2D eigenvalue weighted by Gasteiger charge is -2.01. The van der Waals surface area contributed by atoms with Crippen LogP contribution in [-0.4, -0.2) is 32.0 Å². The second-order valence-corrected chi connectivity index (χ2v) is 4.12. The van der Waals surface area contributed by atoms with Crippen molar-refractivity contribution in [3.63, 3.8) is 0 Å². The Hall–Kier alpha value is -1.98. The van der Waals surface area contributed by atoms with Crippen molar-refractivity contribution in [3.8, 4) is 0 Å². The van der Waals surface area contributed by atoms with Gasteiger partial charge in [-0.1, -0.05) is 26.2 Å². The molecule has 0 atom stereocenters. The maximum absolute atomic E-state index is 11.8. The van der Waals surface area contributed by atoms with E-state index in [1.54, 1.807) is 18.5 Å². The molecule has 1 N–H and O–H groups in total. The van der Waals surface area contributed by atoms with Crippen molar-refractivity contribution >= 4 is 11.7 Å². The van der Waals surface area contributed by atoms with E-state index < -0.39 is 0 Å². The van der Waals surface area contributed by atoms with Crippen LogP contribution >= 0.6 is 0 Å². The molecular weight excluding hydrogens is 230 g/mol. The monoisotopic (exact) mass is 247 g/mol. The molecule has 0 fully saturated rings. The summed E-state index contributed by atoms with van der Waals surface area (Å²) in [5.41, 5.74) is 0. The first-order valence-electron chi connectivity index (χ1n) is 6.27. The molecule has 2 heterocycles. The number of nitrogens with one attached hydrogen (secondary N) is 1. The van der Waals surface area contributed by atoms with Gasteiger partial charge in [-0.3, -0.25) is 4.79 Å². The van der Waals surface area contributed by atoms with Crippen LogP contribution in [0, 0.1) is 0 Å². The smallest absolute Gasteiger partial charge is 0.291 e. The Morgan fingerprint density at radius 2 is 2.28 bits per heavy atom. The summed E-state index contributed by atoms with van der Waals surface area (Å²) in [5, 5.41) is 6.87. The number of amides is 1. The third-order valence-electron chi connectivity index (χ3n) is 2.64. The molecule has 0 radical (unpaired) electrons. The minimum Gasteiger partial charge on any atom is -0.349 e. The maximum atomic E-state index is 11.8. The molecule has 0 bridgehead atoms. The van der Waals surface area contributed by atoms with Gasteiger partial charge in [0.2, 0.25) is 5.82 Å². The van der Waals surface area contributed by atoms with E-state index in [0.29, 0.717) is 12.3 Å². The van der Waals surface area contributed by atoms with Crippen molar-refractivity contribution in [2.45, 2.75) is 32.6 Å². The maximum Gasteiger partial charge on any atom is 0.291 e. The molecule has 0 aliphatic rings. The number of hydrogen-bond acceptors (Lipinski definition) is 4. The van der Waals surface area contributed by atoms with Gasteiger partial charge in [-0.15, -0.1) is 5.10 Å². The van der Waals surface area contributed by atoms with Crippen molar-refractivity contribution in [1.82, 2.24) is 24.9 Å². The number of rotatable bonds is 6. The summed E-state index contributed by atoms with van der Waals surface area (Å²) in [6.07, 6.45) is 7.85. The fraction of sp³-hybridized carbons (Fsp3) is 0.500. The number of carbonyl (C=O) groups excluding carboxylic acids is 1. The highest BCUT2D eigenvalue weighted by Crippen LogP contribution is 1.99. The van der Waals surface area contributed by atoms with Crippen molar-refractivity contribution in [2.75, 3.05) is 6.54 Å². The quantitative estimate of drug-likeness (QED) is 0.784. The third-order valence-corrected chi connectivity index (χ3v) is 2.64. The summed E-state index contributed by atoms with van der Waals surface area (Å²) in [7, 11) is 0. The highest BCUT2D eigenvalue weighted by Gasteiger charge is 2.12. The Kier molecular flexibility index (Phi) is 4.22. The van der Waals surface area contributed by atoms with Crippen LogP contribution in [0.2, 0.25) is 0 Å². The van der Waals surface area contributed by atoms with Gasteiger partial charge in [0.15, 0.2) is 0 Å². The predicted octanol–water partition coefficient (Wildman–Crippen LogP) is 1.43. The van der Waals surface area contributed by atoms with Crippen LogP contribution in [0.4, 0.5) is 0 Å². The van der Waals surface area contributed by atoms with E-state index in [1.807, 2.05) is 0 Å². The molecule has 18 heavy (non-hydrogen) atoms. The van der Waals surface area contributed by atoms with Crippen molar-refractivity contribution < 1.29 is 4.79 Å². The molecule has 0 saturated heterocycles. The molecule has 0 spiro atoms. The Labute approximate surface area is 105 Å². The molecule has 2 aromatic rings. The van der Waals surface area contributed by atoms with Crippen LogP contribution in [0.3, 0.4) is 0 Å². The first kappa shape index (κ1) is 12.5. The Morgan fingerprint density at radius 3 is 3.06 bits per heavy atom. The lowest BCUT2D eigenvalue weighted by atomic mass is 10.2. The Bertz CT molecular complexity index is 489. The average Bonchev–Trinajstić information content (AvgIpc) is 2.82. The molecule has 96 valence electrons. The number of fused-ring (bicyclic) bond motifs is 1. The van der Waals surface area contributed by atoms with Gasteiger partial charge in [0.25, 0.3) is 11.7 Å². The van der Waals surface area contributed by atoms with E-state index in [2.05, 4.69) is 27.3 Å². The van der Waals surface area contributed by atoms with E-state index in [1.165, 1.54) is 17.4 Å². The standard InChI is InChI=1S/C12H17N5O/c1-2-3-4-5-7-13-11(18)10-15-12-14-8-6-9-17(12)16-10/h6,8-9H,2-5,7H2,1H3,(H,13,18). The van der Waals surface area contributed by atoms with E-state index in [0.717, 1.165) is 12.8 Å². The minimum atomic E-state index is -0.239. The zero-order valence-corrected chi connectivity index (χ0v) is 10.5. The normalized spacial score (nSPS) is 10.7. The van der Waals surface area contributed by atoms with Gasteiger partial charge in [0.1, 0.15) is 0 Å². The summed E-state index contributed by atoms with van der Waals surface area (Å²) in [4.78, 5) is 19.8. The van der Waals surface area contributed by atoms with Gasteiger partial charge in [-0.2, -0.15) is 4.98 Å². The topological polar surface area (TPSA) is 72.2 Å². The zero-order valence-electron chi connectivity index (χ0n) is 10.5. The first-order chi connectivity index (χ1) is 8.81. The summed E-state index contributed by atoms with van der Waals surface area (Å²) in [6.45, 7) is 2.83. The van der Waals surface area contributed by atoms with E-state index in [-0.39, 0.29) is 11.7 Å². The summed E-state index contributed by atoms with van der Waals surface area (Å²) in [6, 6.07) is 1.74. The van der Waals surface area contributed by atoms with E-state index in [4.69, 9.17) is 0 Å². The van der Waals surface area contributed by atoms with Crippen LogP contribution in [-0.2, 0) is 0 Å². The summed E-state index contributed by atoms with van der Waals surface area (Å²) >= 11 is 0. The number of carbonyl (C=O) groups is 1. The van der Waals surface area contributed by atoms with E-state index in [9.17, 15) is 4.79 Å². The van der Waals surface area contributed by atoms with Crippen molar-refractivity contribution in [3.05, 3.63) is 24.3 Å². The van der Waals surface area contributed by atoms with Crippen molar-refractivity contribution in [2.24, 2.45) is 0 Å². The number of hydrogen-bond donors (Lipinski definition) is 1. The van der Waals surface area contributed by atoms with Gasteiger partial charge in [-0.25, -0.2) is 9.50 Å². The molecule has 6 heteroatoms. The molecular formula is C12H17N5O. The zero-order chi connectivity index (χ0) is 12.8. The van der Waals surface area contributed by atoms with Crippen molar-refractivity contribution in [1.29, 1.82) is 0 Å². The molecule has 6 nitrogen and oxygen atoms in total.